The zero-order valence-electron chi connectivity index (χ0n) is 34.2. The molecule has 0 aliphatic rings. The molecular formula is C39H35N6NaO14RuS4-3. The molecule has 65 heavy (non-hydrogen) atoms. The van der Waals surface area contributed by atoms with Gasteiger partial charge in [0.2, 0.25) is 0 Å². The predicted molar refractivity (Wildman–Crippen MR) is 224 cm³/mol. The molecule has 20 nitrogen and oxygen atoms in total. The quantitative estimate of drug-likeness (QED) is 0.104. The molecule has 0 fully saturated rings. The number of carbonyl (C=O) groups is 1. The molecule has 0 unspecified atom stereocenters. The van der Waals surface area contributed by atoms with E-state index in [1.165, 1.54) is 73.3 Å². The SMILES string of the molecule is Cc1ccnc(-c2cc(CCCC(=O)[O-])ccn2)c1.O=S(=O)([O-])Cc1ccnc(-c2cc(CS(=O)(=O)[O-])ccn2)c1.O=S(=O)([O-])Cc1ccnc(-c2cc(CS(=O)(=O)[O-])ccn2)c1.[Na].[Ru+2]. The minimum absolute atomic E-state index is 0. The number of carboxylic acid groups (broad SMARTS) is 1. The Morgan fingerprint density at radius 1 is 0.446 bits per heavy atom. The molecule has 341 valence electrons. The van der Waals surface area contributed by atoms with Crippen LogP contribution in [-0.2, 0) is 94.2 Å². The molecule has 0 N–H and O–H groups in total. The zero-order chi connectivity index (χ0) is 46.4. The number of carboxylic acids is 1. The van der Waals surface area contributed by atoms with Gasteiger partial charge in [-0.15, -0.1) is 0 Å². The van der Waals surface area contributed by atoms with Gasteiger partial charge in [0, 0.05) is 72.7 Å². The standard InChI is InChI=1S/C15H16N2O2.2C12H12N2O6S2.Na.Ru/c1-11-5-7-16-13(9-11)14-10-12(6-8-17-14)3-2-4-15(18)19;2*15-21(16,17)7-9-1-3-13-11(5-9)12-6-10(2-4-14-12)8-22(18,19)20;;/h5-10H,2-4H2,1H3,(H,18,19);2*1-6H,7-8H2,(H,15,16,17)(H,18,19,20);;/q;;;;+2/p-5. The number of carbonyl (C=O) groups excluding carboxylic acids is 1. The van der Waals surface area contributed by atoms with Crippen LogP contribution in [0.4, 0.5) is 0 Å². The van der Waals surface area contributed by atoms with Gasteiger partial charge in [-0.3, -0.25) is 29.9 Å². The first kappa shape index (κ1) is 56.8. The van der Waals surface area contributed by atoms with Gasteiger partial charge in [-0.05, 0) is 132 Å². The van der Waals surface area contributed by atoms with Crippen molar-refractivity contribution in [3.05, 3.63) is 143 Å². The first-order chi connectivity index (χ1) is 29.4. The van der Waals surface area contributed by atoms with Crippen molar-refractivity contribution < 1.29 is 81.3 Å². The van der Waals surface area contributed by atoms with E-state index in [-0.39, 0.29) is 100 Å². The van der Waals surface area contributed by atoms with Crippen molar-refractivity contribution in [2.75, 3.05) is 0 Å². The third-order valence-corrected chi connectivity index (χ3v) is 10.8. The number of hydrogen-bond donors (Lipinski definition) is 0. The van der Waals surface area contributed by atoms with Gasteiger partial charge in [0.15, 0.2) is 0 Å². The molecule has 6 aromatic heterocycles. The van der Waals surface area contributed by atoms with Crippen LogP contribution < -0.4 is 5.11 Å². The van der Waals surface area contributed by atoms with E-state index in [1.54, 1.807) is 12.4 Å². The molecule has 6 aromatic rings. The molecule has 0 spiro atoms. The molecule has 1 radical (unpaired) electrons. The van der Waals surface area contributed by atoms with Gasteiger partial charge in [-0.2, -0.15) is 0 Å². The second kappa shape index (κ2) is 25.5. The monoisotopic (exact) mass is 1060 g/mol. The number of rotatable bonds is 15. The van der Waals surface area contributed by atoms with Gasteiger partial charge in [0.1, 0.15) is 0 Å². The fraction of sp³-hybridized carbons (Fsp3) is 0.205. The molecule has 0 aliphatic heterocycles. The van der Waals surface area contributed by atoms with Gasteiger partial charge in [-0.1, -0.05) is 0 Å². The van der Waals surface area contributed by atoms with Crippen LogP contribution in [0.2, 0.25) is 0 Å². The van der Waals surface area contributed by atoms with Crippen molar-refractivity contribution >= 4 is 76.0 Å². The molecule has 26 heteroatoms. The van der Waals surface area contributed by atoms with Crippen molar-refractivity contribution in [1.29, 1.82) is 0 Å². The average Bonchev–Trinajstić information content (AvgIpc) is 3.16. The van der Waals surface area contributed by atoms with Crippen molar-refractivity contribution in [2.45, 2.75) is 49.2 Å². The van der Waals surface area contributed by atoms with Crippen LogP contribution in [0, 0.1) is 6.92 Å². The summed E-state index contributed by atoms with van der Waals surface area (Å²) in [6, 6.07) is 18.8. The molecule has 0 saturated heterocycles. The van der Waals surface area contributed by atoms with Crippen molar-refractivity contribution in [3.63, 3.8) is 0 Å². The largest absolute Gasteiger partial charge is 2.00 e. The molecule has 0 aromatic carbocycles. The van der Waals surface area contributed by atoms with Gasteiger partial charge in [0.05, 0.1) is 97.6 Å². The maximum absolute atomic E-state index is 10.8. The summed E-state index contributed by atoms with van der Waals surface area (Å²) in [5.74, 6) is -3.74. The van der Waals surface area contributed by atoms with Crippen LogP contribution in [-0.4, -0.2) is 117 Å². The summed E-state index contributed by atoms with van der Waals surface area (Å²) in [5, 5.41) is 10.4. The first-order valence-corrected chi connectivity index (χ1v) is 24.3. The zero-order valence-corrected chi connectivity index (χ0v) is 41.2. The minimum atomic E-state index is -4.43. The third-order valence-electron chi connectivity index (χ3n) is 8.04. The number of hydrogen-bond acceptors (Lipinski definition) is 20. The van der Waals surface area contributed by atoms with Crippen LogP contribution in [0.3, 0.4) is 0 Å². The van der Waals surface area contributed by atoms with Gasteiger partial charge in [0.25, 0.3) is 0 Å². The average molecular weight is 1060 g/mol. The predicted octanol–water partition coefficient (Wildman–Crippen LogP) is 1.61. The van der Waals surface area contributed by atoms with E-state index in [0.29, 0.717) is 12.8 Å². The minimum Gasteiger partial charge on any atom is -0.748 e. The Balaban J connectivity index is 0.000000331. The van der Waals surface area contributed by atoms with Crippen LogP contribution in [0.25, 0.3) is 34.2 Å². The number of aryl methyl sites for hydroxylation is 2. The van der Waals surface area contributed by atoms with E-state index >= 15 is 0 Å². The molecular weight excluding hydrogens is 1030 g/mol. The Labute approximate surface area is 410 Å². The smallest absolute Gasteiger partial charge is 0.748 e. The van der Waals surface area contributed by atoms with Gasteiger partial charge >= 0.3 is 19.5 Å². The van der Waals surface area contributed by atoms with Gasteiger partial charge in [-0.25, -0.2) is 33.7 Å². The van der Waals surface area contributed by atoms with E-state index in [4.69, 9.17) is 0 Å². The number of pyridine rings is 6. The molecule has 0 aliphatic carbocycles. The Hall–Kier alpha value is -4.37. The van der Waals surface area contributed by atoms with Crippen molar-refractivity contribution in [2.24, 2.45) is 0 Å². The fourth-order valence-corrected chi connectivity index (χ4v) is 7.87. The van der Waals surface area contributed by atoms with Crippen molar-refractivity contribution in [1.82, 2.24) is 29.9 Å². The summed E-state index contributed by atoms with van der Waals surface area (Å²) in [4.78, 5) is 34.9. The summed E-state index contributed by atoms with van der Waals surface area (Å²) in [5.41, 5.74) is 5.88. The second-order valence-corrected chi connectivity index (χ2v) is 19.1. The topological polar surface area (TPSA) is 346 Å². The first-order valence-electron chi connectivity index (χ1n) is 18.0. The Morgan fingerprint density at radius 3 is 0.954 bits per heavy atom. The fourth-order valence-electron chi connectivity index (χ4n) is 5.52. The van der Waals surface area contributed by atoms with Crippen LogP contribution in [0.1, 0.15) is 46.2 Å². The molecule has 0 atom stereocenters. The molecule has 0 bridgehead atoms. The van der Waals surface area contributed by atoms with E-state index in [2.05, 4.69) is 29.9 Å². The normalized spacial score (nSPS) is 11.3. The van der Waals surface area contributed by atoms with Gasteiger partial charge < -0.3 is 28.1 Å². The van der Waals surface area contributed by atoms with Crippen molar-refractivity contribution in [3.8, 4) is 34.2 Å². The van der Waals surface area contributed by atoms with Crippen LogP contribution in [0.5, 0.6) is 0 Å². The van der Waals surface area contributed by atoms with Crippen LogP contribution >= 0.6 is 0 Å². The van der Waals surface area contributed by atoms with E-state index in [9.17, 15) is 61.8 Å². The Bertz CT molecular complexity index is 2720. The molecule has 0 amide bonds. The van der Waals surface area contributed by atoms with E-state index in [0.717, 1.165) is 22.5 Å². The summed E-state index contributed by atoms with van der Waals surface area (Å²) in [6.45, 7) is 2.01. The summed E-state index contributed by atoms with van der Waals surface area (Å²) in [7, 11) is -17.7. The second-order valence-electron chi connectivity index (χ2n) is 13.5. The summed E-state index contributed by atoms with van der Waals surface area (Å²) < 4.78 is 129. The number of aromatic nitrogens is 6. The number of nitrogens with zero attached hydrogens (tertiary/aromatic N) is 6. The van der Waals surface area contributed by atoms with Crippen LogP contribution in [0.15, 0.2) is 110 Å². The van der Waals surface area contributed by atoms with E-state index in [1.807, 2.05) is 31.2 Å². The molecule has 6 rings (SSSR count). The summed E-state index contributed by atoms with van der Waals surface area (Å²) in [6.07, 6.45) is 10.1. The Morgan fingerprint density at radius 2 is 0.692 bits per heavy atom. The van der Waals surface area contributed by atoms with E-state index < -0.39 is 69.5 Å². The molecule has 0 saturated carbocycles. The molecule has 6 heterocycles. The number of aliphatic carboxylic acids is 1. The third kappa shape index (κ3) is 22.6. The maximum Gasteiger partial charge on any atom is 2.00 e. The maximum atomic E-state index is 10.8. The summed E-state index contributed by atoms with van der Waals surface area (Å²) >= 11 is 0. The Kier molecular flexibility index (Phi) is 22.3.